The van der Waals surface area contributed by atoms with Gasteiger partial charge in [-0.2, -0.15) is 0 Å². The second-order valence-electron chi connectivity index (χ2n) is 4.45. The van der Waals surface area contributed by atoms with E-state index in [0.29, 0.717) is 25.0 Å². The van der Waals surface area contributed by atoms with E-state index in [-0.39, 0.29) is 17.9 Å². The summed E-state index contributed by atoms with van der Waals surface area (Å²) in [5, 5.41) is 11.7. The Kier molecular flexibility index (Phi) is 3.17. The maximum atomic E-state index is 11.8. The second kappa shape index (κ2) is 4.61. The fourth-order valence-electron chi connectivity index (χ4n) is 2.19. The second-order valence-corrected chi connectivity index (χ2v) is 4.45. The largest absolute Gasteiger partial charge is 0.481 e. The highest BCUT2D eigenvalue weighted by atomic mass is 16.4. The van der Waals surface area contributed by atoms with E-state index in [0.717, 1.165) is 5.56 Å². The number of carboxylic acid groups (broad SMARTS) is 1. The minimum atomic E-state index is -0.782. The highest BCUT2D eigenvalue weighted by molar-refractivity contribution is 5.93. The van der Waals surface area contributed by atoms with Crippen molar-refractivity contribution in [2.24, 2.45) is 5.92 Å². The maximum Gasteiger partial charge on any atom is 0.306 e. The number of hydrogen-bond donors (Lipinski definition) is 2. The molecule has 1 aliphatic rings. The Hall–Kier alpha value is -1.78. The van der Waals surface area contributed by atoms with Crippen LogP contribution in [0.5, 0.6) is 0 Å². The van der Waals surface area contributed by atoms with Crippen molar-refractivity contribution in [2.45, 2.75) is 32.2 Å². The Labute approximate surface area is 98.8 Å². The lowest BCUT2D eigenvalue weighted by molar-refractivity contribution is -0.141. The Morgan fingerprint density at radius 3 is 2.76 bits per heavy atom. The first-order chi connectivity index (χ1) is 8.08. The Balaban J connectivity index is 1.93. The average molecular weight is 237 g/mol. The van der Waals surface area contributed by atoms with Crippen molar-refractivity contribution in [3.8, 4) is 0 Å². The van der Waals surface area contributed by atoms with E-state index in [4.69, 9.17) is 9.52 Å². The molecule has 5 heteroatoms. The summed E-state index contributed by atoms with van der Waals surface area (Å²) in [6.45, 7) is 1.80. The van der Waals surface area contributed by atoms with E-state index in [9.17, 15) is 9.59 Å². The van der Waals surface area contributed by atoms with Gasteiger partial charge in [-0.25, -0.2) is 0 Å². The molecule has 0 spiro atoms. The van der Waals surface area contributed by atoms with Crippen LogP contribution in [-0.4, -0.2) is 23.0 Å². The number of hydrogen-bond acceptors (Lipinski definition) is 3. The standard InChI is InChI=1S/C12H15NO4/c1-7-4-5-17-10(7)11(14)13-9-3-2-8(6-9)12(15)16/h4-5,8-9H,2-3,6H2,1H3,(H,13,14)(H,15,16). The zero-order chi connectivity index (χ0) is 12.4. The number of rotatable bonds is 3. The number of carboxylic acids is 1. The predicted molar refractivity (Wildman–Crippen MR) is 59.7 cm³/mol. The summed E-state index contributed by atoms with van der Waals surface area (Å²) < 4.78 is 5.08. The van der Waals surface area contributed by atoms with Crippen LogP contribution in [-0.2, 0) is 4.79 Å². The lowest BCUT2D eigenvalue weighted by Gasteiger charge is -2.11. The fraction of sp³-hybridized carbons (Fsp3) is 0.500. The van der Waals surface area contributed by atoms with Gasteiger partial charge in [-0.3, -0.25) is 9.59 Å². The molecule has 0 radical (unpaired) electrons. The van der Waals surface area contributed by atoms with Gasteiger partial charge in [-0.05, 0) is 32.3 Å². The number of furan rings is 1. The molecular weight excluding hydrogens is 222 g/mol. The molecule has 0 bridgehead atoms. The van der Waals surface area contributed by atoms with Gasteiger partial charge in [0.2, 0.25) is 0 Å². The van der Waals surface area contributed by atoms with E-state index in [1.165, 1.54) is 6.26 Å². The van der Waals surface area contributed by atoms with Crippen molar-refractivity contribution in [1.82, 2.24) is 5.32 Å². The molecule has 1 fully saturated rings. The Morgan fingerprint density at radius 2 is 2.24 bits per heavy atom. The first-order valence-corrected chi connectivity index (χ1v) is 5.65. The van der Waals surface area contributed by atoms with Crippen molar-refractivity contribution in [1.29, 1.82) is 0 Å². The topological polar surface area (TPSA) is 79.5 Å². The van der Waals surface area contributed by atoms with E-state index >= 15 is 0 Å². The number of amides is 1. The minimum Gasteiger partial charge on any atom is -0.481 e. The highest BCUT2D eigenvalue weighted by Gasteiger charge is 2.31. The molecule has 1 aromatic heterocycles. The van der Waals surface area contributed by atoms with Gasteiger partial charge < -0.3 is 14.8 Å². The quantitative estimate of drug-likeness (QED) is 0.836. The van der Waals surface area contributed by atoms with Gasteiger partial charge in [0.05, 0.1) is 12.2 Å². The van der Waals surface area contributed by atoms with E-state index in [1.54, 1.807) is 13.0 Å². The molecule has 0 saturated heterocycles. The molecule has 2 unspecified atom stereocenters. The minimum absolute atomic E-state index is 0.0619. The smallest absolute Gasteiger partial charge is 0.306 e. The van der Waals surface area contributed by atoms with Crippen molar-refractivity contribution in [3.63, 3.8) is 0 Å². The summed E-state index contributed by atoms with van der Waals surface area (Å²) >= 11 is 0. The van der Waals surface area contributed by atoms with Gasteiger partial charge in [0.25, 0.3) is 5.91 Å². The number of aliphatic carboxylic acids is 1. The van der Waals surface area contributed by atoms with Gasteiger partial charge in [0.1, 0.15) is 0 Å². The number of aryl methyl sites for hydroxylation is 1. The SMILES string of the molecule is Cc1ccoc1C(=O)NC1CCC(C(=O)O)C1. The molecule has 2 N–H and O–H groups in total. The Bertz CT molecular complexity index is 437. The third-order valence-corrected chi connectivity index (χ3v) is 3.19. The summed E-state index contributed by atoms with van der Waals surface area (Å²) in [6.07, 6.45) is 3.31. The average Bonchev–Trinajstić information content (AvgIpc) is 2.86. The monoisotopic (exact) mass is 237 g/mol. The molecule has 17 heavy (non-hydrogen) atoms. The van der Waals surface area contributed by atoms with Crippen LogP contribution in [0.3, 0.4) is 0 Å². The van der Waals surface area contributed by atoms with E-state index in [1.807, 2.05) is 0 Å². The van der Waals surface area contributed by atoms with Crippen molar-refractivity contribution < 1.29 is 19.1 Å². The third kappa shape index (κ3) is 2.49. The van der Waals surface area contributed by atoms with Crippen LogP contribution in [0.4, 0.5) is 0 Å². The summed E-state index contributed by atoms with van der Waals surface area (Å²) in [5.41, 5.74) is 0.787. The fourth-order valence-corrected chi connectivity index (χ4v) is 2.19. The van der Waals surface area contributed by atoms with Crippen LogP contribution in [0, 0.1) is 12.8 Å². The van der Waals surface area contributed by atoms with Gasteiger partial charge in [0.15, 0.2) is 5.76 Å². The molecule has 0 aromatic carbocycles. The van der Waals surface area contributed by atoms with Crippen LogP contribution < -0.4 is 5.32 Å². The first-order valence-electron chi connectivity index (χ1n) is 5.65. The summed E-state index contributed by atoms with van der Waals surface area (Å²) in [5.74, 6) is -1.07. The van der Waals surface area contributed by atoms with Crippen molar-refractivity contribution in [3.05, 3.63) is 23.7 Å². The number of nitrogens with one attached hydrogen (secondary N) is 1. The number of carbonyl (C=O) groups excluding carboxylic acids is 1. The van der Waals surface area contributed by atoms with E-state index < -0.39 is 5.97 Å². The molecular formula is C12H15NO4. The molecule has 2 atom stereocenters. The summed E-state index contributed by atoms with van der Waals surface area (Å²) in [7, 11) is 0. The first kappa shape index (κ1) is 11.7. The lowest BCUT2D eigenvalue weighted by atomic mass is 10.1. The molecule has 92 valence electrons. The van der Waals surface area contributed by atoms with Crippen molar-refractivity contribution >= 4 is 11.9 Å². The third-order valence-electron chi connectivity index (χ3n) is 3.19. The van der Waals surface area contributed by atoms with Gasteiger partial charge >= 0.3 is 5.97 Å². The molecule has 1 amide bonds. The molecule has 0 aliphatic heterocycles. The van der Waals surface area contributed by atoms with Crippen LogP contribution in [0.15, 0.2) is 16.7 Å². The van der Waals surface area contributed by atoms with Gasteiger partial charge in [-0.1, -0.05) is 0 Å². The predicted octanol–water partition coefficient (Wildman–Crippen LogP) is 1.57. The maximum absolute atomic E-state index is 11.8. The molecule has 1 aliphatic carbocycles. The lowest BCUT2D eigenvalue weighted by Crippen LogP contribution is -2.33. The molecule has 1 aromatic rings. The number of carbonyl (C=O) groups is 2. The van der Waals surface area contributed by atoms with E-state index in [2.05, 4.69) is 5.32 Å². The van der Waals surface area contributed by atoms with Crippen LogP contribution in [0.2, 0.25) is 0 Å². The zero-order valence-corrected chi connectivity index (χ0v) is 9.60. The van der Waals surface area contributed by atoms with Crippen LogP contribution in [0.25, 0.3) is 0 Å². The van der Waals surface area contributed by atoms with Gasteiger partial charge in [-0.15, -0.1) is 0 Å². The molecule has 1 saturated carbocycles. The van der Waals surface area contributed by atoms with Crippen molar-refractivity contribution in [2.75, 3.05) is 0 Å². The highest BCUT2D eigenvalue weighted by Crippen LogP contribution is 2.26. The Morgan fingerprint density at radius 1 is 1.47 bits per heavy atom. The van der Waals surface area contributed by atoms with Gasteiger partial charge in [0, 0.05) is 11.6 Å². The summed E-state index contributed by atoms with van der Waals surface area (Å²) in [6, 6.07) is 1.66. The molecule has 2 rings (SSSR count). The molecule has 5 nitrogen and oxygen atoms in total. The summed E-state index contributed by atoms with van der Waals surface area (Å²) in [4.78, 5) is 22.6. The van der Waals surface area contributed by atoms with Crippen LogP contribution in [0.1, 0.15) is 35.4 Å². The normalized spacial score (nSPS) is 23.6. The van der Waals surface area contributed by atoms with Crippen LogP contribution >= 0.6 is 0 Å². The molecule has 1 heterocycles. The zero-order valence-electron chi connectivity index (χ0n) is 9.60.